The molecule has 2 N–H and O–H groups in total. The molecule has 0 fully saturated rings. The minimum Gasteiger partial charge on any atom is -0.487 e. The fourth-order valence-electron chi connectivity index (χ4n) is 0.825. The highest BCUT2D eigenvalue weighted by Gasteiger charge is 2.06. The maximum Gasteiger partial charge on any atom is 0.261 e. The molecule has 1 aromatic rings. The Morgan fingerprint density at radius 3 is 2.28 bits per heavy atom. The molecule has 0 saturated carbocycles. The molecule has 104 valence electrons. The Morgan fingerprint density at radius 2 is 1.89 bits per heavy atom. The monoisotopic (exact) mass is 316 g/mol. The van der Waals surface area contributed by atoms with Gasteiger partial charge in [-0.1, -0.05) is 23.2 Å². The van der Waals surface area contributed by atoms with Crippen LogP contribution < -0.4 is 4.74 Å². The second-order valence-electron chi connectivity index (χ2n) is 3.42. The maximum atomic E-state index is 9.19. The summed E-state index contributed by atoms with van der Waals surface area (Å²) in [5.41, 5.74) is 0. The summed E-state index contributed by atoms with van der Waals surface area (Å²) in [7, 11) is -3.67. The summed E-state index contributed by atoms with van der Waals surface area (Å²) >= 11 is 11.5. The Labute approximate surface area is 116 Å². The summed E-state index contributed by atoms with van der Waals surface area (Å²) in [6, 6.07) is 4.96. The molecule has 18 heavy (non-hydrogen) atoms. The summed E-state index contributed by atoms with van der Waals surface area (Å²) in [5, 5.41) is 9.76. The van der Waals surface area contributed by atoms with Crippen molar-refractivity contribution in [2.45, 2.75) is 13.0 Å². The second kappa shape index (κ2) is 7.81. The first-order chi connectivity index (χ1) is 8.13. The first-order valence-corrected chi connectivity index (χ1v) is 7.39. The van der Waals surface area contributed by atoms with Crippen LogP contribution >= 0.6 is 23.2 Å². The van der Waals surface area contributed by atoms with E-state index in [1.165, 1.54) is 0 Å². The molecule has 8 heteroatoms. The average molecular weight is 317 g/mol. The smallest absolute Gasteiger partial charge is 0.261 e. The van der Waals surface area contributed by atoms with Crippen LogP contribution in [0.2, 0.25) is 10.0 Å². The van der Waals surface area contributed by atoms with Gasteiger partial charge in [0, 0.05) is 5.02 Å². The number of aliphatic hydroxyl groups excluding tert-OH is 1. The molecule has 0 spiro atoms. The fraction of sp³-hybridized carbons (Fsp3) is 0.400. The third-order valence-corrected chi connectivity index (χ3v) is 2.01. The minimum atomic E-state index is -3.67. The van der Waals surface area contributed by atoms with Gasteiger partial charge in [0.05, 0.1) is 17.9 Å². The molecule has 0 heterocycles. The molecule has 0 aliphatic carbocycles. The van der Waals surface area contributed by atoms with Crippen molar-refractivity contribution in [1.29, 1.82) is 0 Å². The van der Waals surface area contributed by atoms with E-state index < -0.39 is 10.1 Å². The molecular weight excluding hydrogens is 303 g/mol. The van der Waals surface area contributed by atoms with Crippen LogP contribution in [0.25, 0.3) is 0 Å². The Morgan fingerprint density at radius 1 is 1.39 bits per heavy atom. The van der Waals surface area contributed by atoms with Gasteiger partial charge in [0.2, 0.25) is 0 Å². The van der Waals surface area contributed by atoms with Crippen molar-refractivity contribution in [1.82, 2.24) is 0 Å². The number of aliphatic hydroxyl groups is 1. The Kier molecular flexibility index (Phi) is 7.58. The number of ether oxygens (including phenoxy) is 1. The van der Waals surface area contributed by atoms with E-state index in [-0.39, 0.29) is 12.7 Å². The number of halogens is 2. The van der Waals surface area contributed by atoms with Crippen LogP contribution in [0, 0.1) is 0 Å². The lowest BCUT2D eigenvalue weighted by Crippen LogP contribution is -2.16. The number of benzene rings is 1. The van der Waals surface area contributed by atoms with E-state index in [0.29, 0.717) is 22.1 Å². The van der Waals surface area contributed by atoms with Gasteiger partial charge in [0.15, 0.2) is 0 Å². The molecule has 1 aromatic carbocycles. The largest absolute Gasteiger partial charge is 0.487 e. The number of hydrogen-bond donors (Lipinski definition) is 2. The molecule has 1 atom stereocenters. The van der Waals surface area contributed by atoms with Gasteiger partial charge in [-0.15, -0.1) is 0 Å². The predicted molar refractivity (Wildman–Crippen MR) is 71.1 cm³/mol. The summed E-state index contributed by atoms with van der Waals surface area (Å²) in [5.74, 6) is 0.535. The van der Waals surface area contributed by atoms with E-state index in [4.69, 9.17) is 37.6 Å². The zero-order chi connectivity index (χ0) is 14.3. The van der Waals surface area contributed by atoms with Crippen molar-refractivity contribution in [2.24, 2.45) is 0 Å². The summed E-state index contributed by atoms with van der Waals surface area (Å²) in [6.07, 6.45) is 0.450. The van der Waals surface area contributed by atoms with Crippen molar-refractivity contribution in [3.8, 4) is 5.75 Å². The summed E-state index contributed by atoms with van der Waals surface area (Å²) < 4.78 is 31.2. The molecule has 0 amide bonds. The average Bonchev–Trinajstić information content (AvgIpc) is 2.19. The van der Waals surface area contributed by atoms with Gasteiger partial charge in [0.25, 0.3) is 10.1 Å². The maximum absolute atomic E-state index is 9.19. The molecule has 0 saturated heterocycles. The van der Waals surface area contributed by atoms with E-state index in [1.807, 2.05) is 0 Å². The van der Waals surface area contributed by atoms with E-state index in [0.717, 1.165) is 0 Å². The zero-order valence-corrected chi connectivity index (χ0v) is 12.1. The Hall–Kier alpha value is -0.530. The highest BCUT2D eigenvalue weighted by Crippen LogP contribution is 2.28. The number of hydrogen-bond acceptors (Lipinski definition) is 4. The normalized spacial score (nSPS) is 12.3. The fourth-order valence-corrected chi connectivity index (χ4v) is 1.28. The second-order valence-corrected chi connectivity index (χ2v) is 5.73. The van der Waals surface area contributed by atoms with Gasteiger partial charge >= 0.3 is 0 Å². The summed E-state index contributed by atoms with van der Waals surface area (Å²) in [6.45, 7) is 1.71. The SMILES string of the molecule is CC(CO)Oc1ccc(Cl)cc1Cl.CS(=O)(=O)O. The quantitative estimate of drug-likeness (QED) is 0.836. The van der Waals surface area contributed by atoms with Crippen LogP contribution in [-0.4, -0.2) is 37.0 Å². The van der Waals surface area contributed by atoms with Gasteiger partial charge in [0.1, 0.15) is 11.9 Å². The molecular formula is C10H14Cl2O5S. The molecule has 1 rings (SSSR count). The highest BCUT2D eigenvalue weighted by molar-refractivity contribution is 7.85. The van der Waals surface area contributed by atoms with E-state index in [1.54, 1.807) is 25.1 Å². The first-order valence-electron chi connectivity index (χ1n) is 4.78. The lowest BCUT2D eigenvalue weighted by molar-refractivity contribution is 0.130. The third-order valence-electron chi connectivity index (χ3n) is 1.48. The molecule has 0 radical (unpaired) electrons. The first kappa shape index (κ1) is 17.5. The predicted octanol–water partition coefficient (Wildman–Crippen LogP) is 2.26. The van der Waals surface area contributed by atoms with E-state index in [9.17, 15) is 8.42 Å². The molecule has 5 nitrogen and oxygen atoms in total. The lowest BCUT2D eigenvalue weighted by atomic mass is 10.3. The molecule has 1 unspecified atom stereocenters. The topological polar surface area (TPSA) is 83.8 Å². The van der Waals surface area contributed by atoms with Gasteiger partial charge in [-0.3, -0.25) is 4.55 Å². The van der Waals surface area contributed by atoms with Crippen molar-refractivity contribution in [2.75, 3.05) is 12.9 Å². The van der Waals surface area contributed by atoms with Crippen LogP contribution in [0.15, 0.2) is 18.2 Å². The minimum absolute atomic E-state index is 0.0427. The molecule has 0 aliphatic rings. The van der Waals surface area contributed by atoms with Gasteiger partial charge in [-0.25, -0.2) is 0 Å². The van der Waals surface area contributed by atoms with Crippen LogP contribution in [0.4, 0.5) is 0 Å². The van der Waals surface area contributed by atoms with Crippen LogP contribution in [0.1, 0.15) is 6.92 Å². The van der Waals surface area contributed by atoms with E-state index >= 15 is 0 Å². The van der Waals surface area contributed by atoms with Crippen molar-refractivity contribution in [3.63, 3.8) is 0 Å². The van der Waals surface area contributed by atoms with Gasteiger partial charge in [-0.2, -0.15) is 8.42 Å². The van der Waals surface area contributed by atoms with Crippen molar-refractivity contribution < 1.29 is 22.8 Å². The zero-order valence-electron chi connectivity index (χ0n) is 9.80. The van der Waals surface area contributed by atoms with Gasteiger partial charge in [-0.05, 0) is 25.1 Å². The lowest BCUT2D eigenvalue weighted by Gasteiger charge is -2.12. The number of rotatable bonds is 3. The van der Waals surface area contributed by atoms with E-state index in [2.05, 4.69) is 0 Å². The molecule has 0 bridgehead atoms. The van der Waals surface area contributed by atoms with Crippen LogP contribution in [0.3, 0.4) is 0 Å². The molecule has 0 aliphatic heterocycles. The third kappa shape index (κ3) is 9.49. The summed E-state index contributed by atoms with van der Waals surface area (Å²) in [4.78, 5) is 0. The molecule has 0 aromatic heterocycles. The standard InChI is InChI=1S/C9H10Cl2O2.CH4O3S/c1-6(5-12)13-9-3-2-7(10)4-8(9)11;1-5(2,3)4/h2-4,6,12H,5H2,1H3;1H3,(H,2,3,4). The Balaban J connectivity index is 0.000000494. The van der Waals surface area contributed by atoms with Crippen LogP contribution in [-0.2, 0) is 10.1 Å². The van der Waals surface area contributed by atoms with Crippen molar-refractivity contribution in [3.05, 3.63) is 28.2 Å². The van der Waals surface area contributed by atoms with Crippen molar-refractivity contribution >= 4 is 33.3 Å². The van der Waals surface area contributed by atoms with Gasteiger partial charge < -0.3 is 9.84 Å². The highest BCUT2D eigenvalue weighted by atomic mass is 35.5. The Bertz CT molecular complexity index is 467. The van der Waals surface area contributed by atoms with Crippen LogP contribution in [0.5, 0.6) is 5.75 Å².